The summed E-state index contributed by atoms with van der Waals surface area (Å²) < 4.78 is 16.4. The first-order chi connectivity index (χ1) is 11.1. The lowest BCUT2D eigenvalue weighted by atomic mass is 10.0. The molecule has 6 nitrogen and oxygen atoms in total. The van der Waals surface area contributed by atoms with Gasteiger partial charge in [-0.2, -0.15) is 0 Å². The predicted octanol–water partition coefficient (Wildman–Crippen LogP) is 2.53. The monoisotopic (exact) mass is 319 g/mol. The second-order valence-electron chi connectivity index (χ2n) is 5.95. The lowest BCUT2D eigenvalue weighted by Gasteiger charge is -2.27. The third-order valence-corrected chi connectivity index (χ3v) is 4.17. The van der Waals surface area contributed by atoms with Crippen LogP contribution < -0.4 is 14.2 Å². The standard InChI is InChI=1S/C17H21NO5/c1-11(19)13-8-15-17(22-10-21-15)14(16(13)23-12(2)20)9-18-6-4-3-5-7-18/h8H,3-7,9-10H2,1-2H3. The van der Waals surface area contributed by atoms with Crippen LogP contribution in [-0.4, -0.2) is 36.5 Å². The Kier molecular flexibility index (Phi) is 4.52. The van der Waals surface area contributed by atoms with Gasteiger partial charge in [-0.3, -0.25) is 14.5 Å². The van der Waals surface area contributed by atoms with Crippen LogP contribution in [0.5, 0.6) is 17.2 Å². The van der Waals surface area contributed by atoms with Crippen molar-refractivity contribution >= 4 is 11.8 Å². The van der Waals surface area contributed by atoms with E-state index < -0.39 is 5.97 Å². The summed E-state index contributed by atoms with van der Waals surface area (Å²) in [5.41, 5.74) is 1.08. The van der Waals surface area contributed by atoms with E-state index in [1.807, 2.05) is 0 Å². The van der Waals surface area contributed by atoms with Gasteiger partial charge in [-0.25, -0.2) is 0 Å². The molecule has 3 rings (SSSR count). The number of carbonyl (C=O) groups excluding carboxylic acids is 2. The number of carbonyl (C=O) groups is 2. The molecule has 0 radical (unpaired) electrons. The first-order valence-electron chi connectivity index (χ1n) is 7.93. The molecular formula is C17H21NO5. The van der Waals surface area contributed by atoms with Gasteiger partial charge < -0.3 is 14.2 Å². The Morgan fingerprint density at radius 2 is 1.91 bits per heavy atom. The van der Waals surface area contributed by atoms with E-state index in [-0.39, 0.29) is 12.6 Å². The van der Waals surface area contributed by atoms with Crippen LogP contribution in [-0.2, 0) is 11.3 Å². The molecule has 0 amide bonds. The largest absolute Gasteiger partial charge is 0.454 e. The molecule has 0 unspecified atom stereocenters. The van der Waals surface area contributed by atoms with Gasteiger partial charge >= 0.3 is 5.97 Å². The number of ether oxygens (including phenoxy) is 3. The lowest BCUT2D eigenvalue weighted by molar-refractivity contribution is -0.131. The van der Waals surface area contributed by atoms with Crippen LogP contribution in [0.3, 0.4) is 0 Å². The van der Waals surface area contributed by atoms with Crippen LogP contribution >= 0.6 is 0 Å². The van der Waals surface area contributed by atoms with Gasteiger partial charge in [0.15, 0.2) is 17.3 Å². The van der Waals surface area contributed by atoms with E-state index in [4.69, 9.17) is 14.2 Å². The Hall–Kier alpha value is -2.08. The molecule has 0 atom stereocenters. The Morgan fingerprint density at radius 1 is 1.17 bits per heavy atom. The number of hydrogen-bond acceptors (Lipinski definition) is 6. The second kappa shape index (κ2) is 6.58. The van der Waals surface area contributed by atoms with Gasteiger partial charge in [0, 0.05) is 13.5 Å². The van der Waals surface area contributed by atoms with Gasteiger partial charge in [-0.15, -0.1) is 0 Å². The smallest absolute Gasteiger partial charge is 0.308 e. The van der Waals surface area contributed by atoms with E-state index in [2.05, 4.69) is 4.90 Å². The number of benzene rings is 1. The number of nitrogens with zero attached hydrogens (tertiary/aromatic N) is 1. The maximum atomic E-state index is 12.0. The minimum Gasteiger partial charge on any atom is -0.454 e. The summed E-state index contributed by atoms with van der Waals surface area (Å²) in [5.74, 6) is 0.806. The predicted molar refractivity (Wildman–Crippen MR) is 83.0 cm³/mol. The van der Waals surface area contributed by atoms with Gasteiger partial charge in [0.25, 0.3) is 0 Å². The van der Waals surface area contributed by atoms with Crippen molar-refractivity contribution in [1.82, 2.24) is 4.90 Å². The van der Waals surface area contributed by atoms with Crippen molar-refractivity contribution < 1.29 is 23.8 Å². The molecule has 0 N–H and O–H groups in total. The van der Waals surface area contributed by atoms with Crippen molar-refractivity contribution in [2.75, 3.05) is 19.9 Å². The SMILES string of the molecule is CC(=O)Oc1c(C(C)=O)cc2c(c1CN1CCCCC1)OCO2. The fourth-order valence-electron chi connectivity index (χ4n) is 3.10. The van der Waals surface area contributed by atoms with Crippen molar-refractivity contribution in [3.63, 3.8) is 0 Å². The van der Waals surface area contributed by atoms with Gasteiger partial charge in [0.05, 0.1) is 11.1 Å². The number of rotatable bonds is 4. The van der Waals surface area contributed by atoms with Crippen LogP contribution in [0.1, 0.15) is 49.0 Å². The van der Waals surface area contributed by atoms with Gasteiger partial charge in [0.1, 0.15) is 5.75 Å². The molecule has 2 aliphatic rings. The molecule has 1 fully saturated rings. The average Bonchev–Trinajstić information content (AvgIpc) is 2.98. The van der Waals surface area contributed by atoms with E-state index in [9.17, 15) is 9.59 Å². The molecule has 0 spiro atoms. The van der Waals surface area contributed by atoms with Crippen molar-refractivity contribution in [2.45, 2.75) is 39.7 Å². The van der Waals surface area contributed by atoms with E-state index >= 15 is 0 Å². The van der Waals surface area contributed by atoms with Crippen molar-refractivity contribution in [3.8, 4) is 17.2 Å². The molecule has 1 saturated heterocycles. The van der Waals surface area contributed by atoms with Gasteiger partial charge in [-0.1, -0.05) is 6.42 Å². The molecular weight excluding hydrogens is 298 g/mol. The highest BCUT2D eigenvalue weighted by Crippen LogP contribution is 2.44. The molecule has 1 aromatic carbocycles. The lowest BCUT2D eigenvalue weighted by Crippen LogP contribution is -2.29. The van der Waals surface area contributed by atoms with Gasteiger partial charge in [0.2, 0.25) is 6.79 Å². The zero-order valence-electron chi connectivity index (χ0n) is 13.5. The third kappa shape index (κ3) is 3.32. The average molecular weight is 319 g/mol. The van der Waals surface area contributed by atoms with Gasteiger partial charge in [-0.05, 0) is 38.9 Å². The zero-order chi connectivity index (χ0) is 16.4. The van der Waals surface area contributed by atoms with E-state index in [1.165, 1.54) is 20.3 Å². The second-order valence-corrected chi connectivity index (χ2v) is 5.95. The van der Waals surface area contributed by atoms with Crippen molar-refractivity contribution in [1.29, 1.82) is 0 Å². The fourth-order valence-corrected chi connectivity index (χ4v) is 3.10. The van der Waals surface area contributed by atoms with Crippen LogP contribution in [0, 0.1) is 0 Å². The maximum absolute atomic E-state index is 12.0. The zero-order valence-corrected chi connectivity index (χ0v) is 13.5. The first-order valence-corrected chi connectivity index (χ1v) is 7.93. The first kappa shape index (κ1) is 15.8. The van der Waals surface area contributed by atoms with Crippen LogP contribution in [0.15, 0.2) is 6.07 Å². The number of likely N-dealkylation sites (tertiary alicyclic amines) is 1. The molecule has 2 aliphatic heterocycles. The molecule has 0 saturated carbocycles. The van der Waals surface area contributed by atoms with Crippen LogP contribution in [0.2, 0.25) is 0 Å². The minimum absolute atomic E-state index is 0.114. The molecule has 6 heteroatoms. The third-order valence-electron chi connectivity index (χ3n) is 4.17. The van der Waals surface area contributed by atoms with Crippen LogP contribution in [0.25, 0.3) is 0 Å². The molecule has 0 aromatic heterocycles. The summed E-state index contributed by atoms with van der Waals surface area (Å²) in [4.78, 5) is 25.8. The van der Waals surface area contributed by atoms with Crippen LogP contribution in [0.4, 0.5) is 0 Å². The fraction of sp³-hybridized carbons (Fsp3) is 0.529. The summed E-state index contributed by atoms with van der Waals surface area (Å²) >= 11 is 0. The topological polar surface area (TPSA) is 65.1 Å². The maximum Gasteiger partial charge on any atom is 0.308 e. The number of ketones is 1. The van der Waals surface area contributed by atoms with Crippen molar-refractivity contribution in [2.24, 2.45) is 0 Å². The number of piperidine rings is 1. The molecule has 23 heavy (non-hydrogen) atoms. The highest BCUT2D eigenvalue weighted by atomic mass is 16.7. The molecule has 2 heterocycles. The summed E-state index contributed by atoms with van der Waals surface area (Å²) in [6, 6.07) is 1.60. The Balaban J connectivity index is 2.05. The normalized spacial score (nSPS) is 17.1. The minimum atomic E-state index is -0.453. The molecule has 1 aromatic rings. The molecule has 0 bridgehead atoms. The summed E-state index contributed by atoms with van der Waals surface area (Å²) in [7, 11) is 0. The van der Waals surface area contributed by atoms with Crippen molar-refractivity contribution in [3.05, 3.63) is 17.2 Å². The van der Waals surface area contributed by atoms with E-state index in [0.717, 1.165) is 31.5 Å². The Morgan fingerprint density at radius 3 is 2.57 bits per heavy atom. The summed E-state index contributed by atoms with van der Waals surface area (Å²) in [6.07, 6.45) is 3.53. The number of esters is 1. The Labute approximate surface area is 135 Å². The Bertz CT molecular complexity index is 634. The van der Waals surface area contributed by atoms with E-state index in [0.29, 0.717) is 29.4 Å². The highest BCUT2D eigenvalue weighted by molar-refractivity contribution is 5.99. The highest BCUT2D eigenvalue weighted by Gasteiger charge is 2.29. The summed E-state index contributed by atoms with van der Waals surface area (Å²) in [5, 5.41) is 0. The van der Waals surface area contributed by atoms with E-state index in [1.54, 1.807) is 6.07 Å². The quantitative estimate of drug-likeness (QED) is 0.483. The number of hydrogen-bond donors (Lipinski definition) is 0. The summed E-state index contributed by atoms with van der Waals surface area (Å²) in [6.45, 7) is 5.45. The number of fused-ring (bicyclic) bond motifs is 1. The molecule has 0 aliphatic carbocycles. The molecule has 124 valence electrons. The number of Topliss-reactive ketones (excluding diaryl/α,β-unsaturated/α-hetero) is 1.